The quantitative estimate of drug-likeness (QED) is 0.429. The molecular weight excluding hydrogens is 110 g/mol. The van der Waals surface area contributed by atoms with Gasteiger partial charge in [0.05, 0.1) is 0 Å². The zero-order valence-corrected chi connectivity index (χ0v) is 4.59. The van der Waals surface area contributed by atoms with E-state index in [2.05, 4.69) is 5.32 Å². The third-order valence-corrected chi connectivity index (χ3v) is 0.683. The van der Waals surface area contributed by atoms with Crippen LogP contribution in [0.4, 0.5) is 0 Å². The predicted molar refractivity (Wildman–Crippen MR) is 27.6 cm³/mol. The van der Waals surface area contributed by atoms with Gasteiger partial charge in [0, 0.05) is 6.54 Å². The summed E-state index contributed by atoms with van der Waals surface area (Å²) in [5.74, 6) is -1.20. The Morgan fingerprint density at radius 1 is 1.88 bits per heavy atom. The average molecular weight is 119 g/mol. The van der Waals surface area contributed by atoms with E-state index in [9.17, 15) is 4.79 Å². The van der Waals surface area contributed by atoms with Gasteiger partial charge in [-0.3, -0.25) is 0 Å². The molecule has 0 heterocycles. The second-order valence-corrected chi connectivity index (χ2v) is 1.41. The monoisotopic (exact) mass is 119 g/mol. The van der Waals surface area contributed by atoms with Gasteiger partial charge in [0.25, 0.3) is 0 Å². The first kappa shape index (κ1) is 7.39. The average Bonchev–Trinajstić information content (AvgIpc) is 1.67. The van der Waals surface area contributed by atoms with Gasteiger partial charge in [0.15, 0.2) is 6.10 Å². The molecule has 0 fully saturated rings. The molecule has 0 saturated carbocycles. The summed E-state index contributed by atoms with van der Waals surface area (Å²) in [6.07, 6.45) is -1.28. The lowest BCUT2D eigenvalue weighted by molar-refractivity contribution is -0.146. The maximum atomic E-state index is 9.80. The van der Waals surface area contributed by atoms with Gasteiger partial charge in [-0.25, -0.2) is 4.79 Å². The minimum atomic E-state index is -1.28. The van der Waals surface area contributed by atoms with E-state index in [0.29, 0.717) is 0 Å². The van der Waals surface area contributed by atoms with Crippen LogP contribution in [0.15, 0.2) is 0 Å². The molecule has 0 aromatic carbocycles. The van der Waals surface area contributed by atoms with Crippen LogP contribution in [0.5, 0.6) is 0 Å². The Labute approximate surface area is 47.1 Å². The number of aliphatic hydroxyl groups is 1. The molecule has 0 aromatic rings. The standard InChI is InChI=1S/C4H9NO3/c1-5-2-3(6)4(7)8/h3,5-6H,2H2,1H3,(H,7,8)/t3-/m1/s1. The van der Waals surface area contributed by atoms with Gasteiger partial charge in [-0.2, -0.15) is 0 Å². The lowest BCUT2D eigenvalue weighted by Crippen LogP contribution is -2.30. The number of aliphatic hydroxyl groups excluding tert-OH is 1. The number of nitrogens with one attached hydrogen (secondary N) is 1. The first-order valence-corrected chi connectivity index (χ1v) is 2.24. The number of hydrogen-bond acceptors (Lipinski definition) is 3. The number of carbonyl (C=O) groups is 1. The summed E-state index contributed by atoms with van der Waals surface area (Å²) in [5.41, 5.74) is 0. The zero-order chi connectivity index (χ0) is 6.57. The van der Waals surface area contributed by atoms with Crippen molar-refractivity contribution in [2.24, 2.45) is 0 Å². The Kier molecular flexibility index (Phi) is 3.14. The van der Waals surface area contributed by atoms with Gasteiger partial charge in [-0.05, 0) is 7.05 Å². The third-order valence-electron chi connectivity index (χ3n) is 0.683. The molecule has 4 heteroatoms. The van der Waals surface area contributed by atoms with E-state index >= 15 is 0 Å². The molecule has 48 valence electrons. The molecule has 3 N–H and O–H groups in total. The number of aliphatic carboxylic acids is 1. The summed E-state index contributed by atoms with van der Waals surface area (Å²) >= 11 is 0. The fraction of sp³-hybridized carbons (Fsp3) is 0.750. The number of rotatable bonds is 3. The van der Waals surface area contributed by atoms with E-state index in [1.807, 2.05) is 0 Å². The number of carboxylic acid groups (broad SMARTS) is 1. The van der Waals surface area contributed by atoms with Crippen LogP contribution in [0.3, 0.4) is 0 Å². The van der Waals surface area contributed by atoms with E-state index in [-0.39, 0.29) is 6.54 Å². The minimum absolute atomic E-state index is 0.0926. The highest BCUT2D eigenvalue weighted by molar-refractivity contribution is 5.72. The highest BCUT2D eigenvalue weighted by Gasteiger charge is 2.09. The normalized spacial score (nSPS) is 13.2. The number of hydrogen-bond donors (Lipinski definition) is 3. The van der Waals surface area contributed by atoms with Crippen LogP contribution in [-0.4, -0.2) is 35.9 Å². The topological polar surface area (TPSA) is 69.6 Å². The van der Waals surface area contributed by atoms with E-state index in [0.717, 1.165) is 0 Å². The van der Waals surface area contributed by atoms with Crippen LogP contribution < -0.4 is 5.32 Å². The molecule has 0 saturated heterocycles. The van der Waals surface area contributed by atoms with Crippen LogP contribution in [0.2, 0.25) is 0 Å². The van der Waals surface area contributed by atoms with Gasteiger partial charge >= 0.3 is 5.97 Å². The maximum absolute atomic E-state index is 9.80. The summed E-state index contributed by atoms with van der Waals surface area (Å²) < 4.78 is 0. The van der Waals surface area contributed by atoms with Gasteiger partial charge in [-0.15, -0.1) is 0 Å². The molecule has 0 aliphatic carbocycles. The van der Waals surface area contributed by atoms with Gasteiger partial charge < -0.3 is 15.5 Å². The van der Waals surface area contributed by atoms with E-state index in [1.54, 1.807) is 7.05 Å². The van der Waals surface area contributed by atoms with Crippen molar-refractivity contribution in [2.45, 2.75) is 6.10 Å². The molecule has 0 amide bonds. The van der Waals surface area contributed by atoms with Crippen molar-refractivity contribution < 1.29 is 15.0 Å². The fourth-order valence-corrected chi connectivity index (χ4v) is 0.281. The van der Waals surface area contributed by atoms with Crippen molar-refractivity contribution in [1.82, 2.24) is 5.32 Å². The van der Waals surface area contributed by atoms with Gasteiger partial charge in [-0.1, -0.05) is 0 Å². The maximum Gasteiger partial charge on any atom is 0.333 e. The first-order chi connectivity index (χ1) is 3.68. The first-order valence-electron chi connectivity index (χ1n) is 2.24. The summed E-state index contributed by atoms with van der Waals surface area (Å²) in [5, 5.41) is 19.0. The predicted octanol–water partition coefficient (Wildman–Crippen LogP) is -1.35. The highest BCUT2D eigenvalue weighted by Crippen LogP contribution is 1.76. The molecule has 0 radical (unpaired) electrons. The molecule has 0 spiro atoms. The molecule has 4 nitrogen and oxygen atoms in total. The van der Waals surface area contributed by atoms with Crippen molar-refractivity contribution in [3.63, 3.8) is 0 Å². The van der Waals surface area contributed by atoms with Crippen molar-refractivity contribution >= 4 is 5.97 Å². The smallest absolute Gasteiger partial charge is 0.333 e. The van der Waals surface area contributed by atoms with Gasteiger partial charge in [0.2, 0.25) is 0 Å². The largest absolute Gasteiger partial charge is 0.479 e. The third kappa shape index (κ3) is 2.54. The summed E-state index contributed by atoms with van der Waals surface area (Å²) in [7, 11) is 1.58. The Morgan fingerprint density at radius 2 is 2.38 bits per heavy atom. The lowest BCUT2D eigenvalue weighted by atomic mass is 10.4. The van der Waals surface area contributed by atoms with Crippen molar-refractivity contribution in [3.05, 3.63) is 0 Å². The van der Waals surface area contributed by atoms with Crippen LogP contribution in [0.1, 0.15) is 0 Å². The summed E-state index contributed by atoms with van der Waals surface area (Å²) in [4.78, 5) is 9.80. The summed E-state index contributed by atoms with van der Waals surface area (Å²) in [6, 6.07) is 0. The number of likely N-dealkylation sites (N-methyl/N-ethyl adjacent to an activating group) is 1. The lowest BCUT2D eigenvalue weighted by Gasteiger charge is -2.00. The van der Waals surface area contributed by atoms with Gasteiger partial charge in [0.1, 0.15) is 0 Å². The van der Waals surface area contributed by atoms with Crippen LogP contribution in [0, 0.1) is 0 Å². The van der Waals surface area contributed by atoms with E-state index in [4.69, 9.17) is 10.2 Å². The minimum Gasteiger partial charge on any atom is -0.479 e. The van der Waals surface area contributed by atoms with Crippen molar-refractivity contribution in [3.8, 4) is 0 Å². The second kappa shape index (κ2) is 3.40. The molecule has 0 bridgehead atoms. The molecule has 0 unspecified atom stereocenters. The Bertz CT molecular complexity index is 83.4. The molecule has 1 atom stereocenters. The molecule has 8 heavy (non-hydrogen) atoms. The van der Waals surface area contributed by atoms with Crippen LogP contribution >= 0.6 is 0 Å². The Balaban J connectivity index is 3.32. The van der Waals surface area contributed by atoms with E-state index in [1.165, 1.54) is 0 Å². The SMILES string of the molecule is CNC[C@@H](O)C(=O)O. The molecular formula is C4H9NO3. The van der Waals surface area contributed by atoms with Crippen molar-refractivity contribution in [1.29, 1.82) is 0 Å². The van der Waals surface area contributed by atoms with Crippen molar-refractivity contribution in [2.75, 3.05) is 13.6 Å². The molecule has 0 aliphatic heterocycles. The Hall–Kier alpha value is -0.610. The fourth-order valence-electron chi connectivity index (χ4n) is 0.281. The Morgan fingerprint density at radius 3 is 2.50 bits per heavy atom. The highest BCUT2D eigenvalue weighted by atomic mass is 16.4. The van der Waals surface area contributed by atoms with E-state index < -0.39 is 12.1 Å². The van der Waals surface area contributed by atoms with Crippen LogP contribution in [0.25, 0.3) is 0 Å². The summed E-state index contributed by atoms with van der Waals surface area (Å²) in [6.45, 7) is 0.0926. The zero-order valence-electron chi connectivity index (χ0n) is 4.59. The van der Waals surface area contributed by atoms with Crippen LogP contribution in [-0.2, 0) is 4.79 Å². The molecule has 0 rings (SSSR count). The molecule has 0 aromatic heterocycles. The second-order valence-electron chi connectivity index (χ2n) is 1.41. The molecule has 0 aliphatic rings. The number of carboxylic acids is 1.